The first-order valence-corrected chi connectivity index (χ1v) is 39.6. The summed E-state index contributed by atoms with van der Waals surface area (Å²) >= 11 is 2.41. The number of rotatable bonds is 21. The summed E-state index contributed by atoms with van der Waals surface area (Å²) in [6.45, 7) is 1.97. The molecule has 7 rings (SSSR count). The number of benzene rings is 2. The molecule has 1 saturated carbocycles. The largest absolute Gasteiger partial charge is 0.494 e. The summed E-state index contributed by atoms with van der Waals surface area (Å²) in [5.74, 6) is -13.4. The average Bonchev–Trinajstić information content (AvgIpc) is 1.54. The van der Waals surface area contributed by atoms with E-state index in [1.54, 1.807) is 42.6 Å². The molecule has 598 valence electrons. The van der Waals surface area contributed by atoms with Crippen LogP contribution in [-0.2, 0) is 99.6 Å². The van der Waals surface area contributed by atoms with Crippen LogP contribution in [0.1, 0.15) is 165 Å². The molecule has 4 aliphatic rings. The highest BCUT2D eigenvalue weighted by molar-refractivity contribution is 7.98. The second kappa shape index (κ2) is 44.8. The summed E-state index contributed by atoms with van der Waals surface area (Å²) in [5.41, 5.74) is 19.8. The maximum absolute atomic E-state index is 15.3. The first-order chi connectivity index (χ1) is 52.3. The van der Waals surface area contributed by atoms with Crippen LogP contribution in [0.5, 0.6) is 5.75 Å². The highest BCUT2D eigenvalue weighted by Gasteiger charge is 2.42. The van der Waals surface area contributed by atoms with Crippen molar-refractivity contribution in [2.45, 2.75) is 227 Å². The Kier molecular flexibility index (Phi) is 35.6. The first kappa shape index (κ1) is 86.7. The monoisotopic (exact) mass is 1560 g/mol. The van der Waals surface area contributed by atoms with Crippen LogP contribution in [0.3, 0.4) is 0 Å². The van der Waals surface area contributed by atoms with Gasteiger partial charge in [0.15, 0.2) is 0 Å². The van der Waals surface area contributed by atoms with Crippen molar-refractivity contribution in [3.63, 3.8) is 0 Å². The Balaban J connectivity index is 1.31. The molecule has 0 unspecified atom stereocenters. The van der Waals surface area contributed by atoms with Gasteiger partial charge in [-0.05, 0) is 118 Å². The van der Waals surface area contributed by atoms with E-state index in [2.05, 4.69) is 63.0 Å². The maximum atomic E-state index is 15.3. The van der Waals surface area contributed by atoms with E-state index in [1.807, 2.05) is 13.0 Å². The molecule has 10 atom stereocenters. The molecule has 34 nitrogen and oxygen atoms in total. The summed E-state index contributed by atoms with van der Waals surface area (Å²) in [7, 11) is 1.03. The van der Waals surface area contributed by atoms with Gasteiger partial charge in [0.05, 0.1) is 26.7 Å². The number of carbonyl (C=O) groups is 15. The van der Waals surface area contributed by atoms with E-state index in [-0.39, 0.29) is 93.1 Å². The molecule has 4 heterocycles. The molecule has 18 N–H and O–H groups in total. The quantitative estimate of drug-likeness (QED) is 0.0388. The molecule has 1 aromatic heterocycles. The van der Waals surface area contributed by atoms with Crippen molar-refractivity contribution in [2.24, 2.45) is 23.1 Å². The zero-order chi connectivity index (χ0) is 78.9. The van der Waals surface area contributed by atoms with Crippen LogP contribution in [0.25, 0.3) is 10.9 Å². The Morgan fingerprint density at radius 3 is 1.88 bits per heavy atom. The molecule has 3 aromatic rings. The van der Waals surface area contributed by atoms with Crippen molar-refractivity contribution in [1.82, 2.24) is 63.1 Å². The maximum Gasteiger partial charge on any atom is 0.344 e. The Bertz CT molecular complexity index is 3690. The fourth-order valence-electron chi connectivity index (χ4n) is 13.1. The lowest BCUT2D eigenvalue weighted by molar-refractivity contribution is -0.255. The minimum atomic E-state index is -1.83. The number of primary amides is 2. The van der Waals surface area contributed by atoms with E-state index in [9.17, 15) is 62.6 Å². The molecule has 0 spiro atoms. The van der Waals surface area contributed by atoms with Gasteiger partial charge in [-0.1, -0.05) is 76.1 Å². The zero-order valence-corrected chi connectivity index (χ0v) is 63.3. The third-order valence-corrected chi connectivity index (χ3v) is 21.5. The smallest absolute Gasteiger partial charge is 0.344 e. The summed E-state index contributed by atoms with van der Waals surface area (Å²) < 4.78 is 6.30. The van der Waals surface area contributed by atoms with E-state index in [4.69, 9.17) is 26.8 Å². The average molecular weight is 1560 g/mol. The van der Waals surface area contributed by atoms with Crippen LogP contribution in [0.2, 0.25) is 0 Å². The molecule has 1 saturated heterocycles. The number of carbonyl (C=O) groups excluding carboxylic acids is 14. The van der Waals surface area contributed by atoms with Crippen LogP contribution in [0, 0.1) is 5.92 Å². The van der Waals surface area contributed by atoms with Crippen LogP contribution in [0.15, 0.2) is 48.7 Å². The highest BCUT2D eigenvalue weighted by atomic mass is 32.2. The molecule has 109 heavy (non-hydrogen) atoms. The number of thioether (sulfide) groups is 2. The minimum absolute atomic E-state index is 0.0132. The second-order valence-corrected chi connectivity index (χ2v) is 29.9. The van der Waals surface area contributed by atoms with Crippen molar-refractivity contribution in [3.05, 3.63) is 65.4 Å². The van der Waals surface area contributed by atoms with Gasteiger partial charge >= 0.3 is 11.9 Å². The standard InChI is InChI=1S/C73H105N15O19S2/c1-3-4-18-50-66(97)85-55(35-63(94)107-105-2)71(102)83-53(33-42-15-13-16-42)69(100)84-54(34-45-36-77-48-19-9-8-17-47(45)48)70(101)81-51(23-25-59(75)89)67(98)80-52(24-26-62(92)93)68(99)86-56(64(76)95)40-108-38-43-30-44-32-46(31-43)106-29-12-6-5-7-22-60(90)78-37-61(91)79-49(20-10-11-27-74)65(96)87-57(41-109-39-44)73(104)88-28-14-21-58(88)72(103)82-50/h8-9,17,19,30-32,36,42,49-58,77H,3-7,10-16,18,20-29,33-35,37-41,74H2,1-2H3,(H2,75,89)(H2,76,95)(H,78,90)(H,79,91)(H,80,98)(H,81,101)(H,82,103)(H,83,102)(H,84,100)(H,85,97)(H,86,99)(H,87,96)(H,92,93)/t49-,50-,51-,52-,53-,54-,55-,56-,57-,58-/m0/s1. The van der Waals surface area contributed by atoms with Gasteiger partial charge in [0, 0.05) is 72.3 Å². The highest BCUT2D eigenvalue weighted by Crippen LogP contribution is 2.32. The molecule has 2 fully saturated rings. The van der Waals surface area contributed by atoms with Crippen molar-refractivity contribution in [1.29, 1.82) is 0 Å². The van der Waals surface area contributed by atoms with Crippen LogP contribution < -0.4 is 75.1 Å². The van der Waals surface area contributed by atoms with E-state index >= 15 is 14.4 Å². The van der Waals surface area contributed by atoms with Gasteiger partial charge in [-0.15, -0.1) is 0 Å². The Labute approximate surface area is 640 Å². The number of amides is 13. The fourth-order valence-corrected chi connectivity index (χ4v) is 15.1. The number of nitrogens with two attached hydrogens (primary N) is 3. The second-order valence-electron chi connectivity index (χ2n) is 27.8. The van der Waals surface area contributed by atoms with Gasteiger partial charge in [-0.25, -0.2) is 4.79 Å². The van der Waals surface area contributed by atoms with Crippen molar-refractivity contribution in [3.8, 4) is 5.75 Å². The zero-order valence-electron chi connectivity index (χ0n) is 61.7. The number of nitrogens with zero attached hydrogens (tertiary/aromatic N) is 1. The molecule has 1 aliphatic carbocycles. The van der Waals surface area contributed by atoms with E-state index in [0.29, 0.717) is 104 Å². The molecular formula is C73H105N15O19S2. The summed E-state index contributed by atoms with van der Waals surface area (Å²) in [4.78, 5) is 225. The summed E-state index contributed by atoms with van der Waals surface area (Å²) in [6, 6.07) is -2.54. The Morgan fingerprint density at radius 2 is 1.21 bits per heavy atom. The molecule has 13 amide bonds. The molecule has 3 aliphatic heterocycles. The number of carboxylic acid groups (broad SMARTS) is 1. The number of unbranched alkanes of at least 4 members (excludes halogenated alkanes) is 2. The fraction of sp³-hybridized carbons (Fsp3) is 0.603. The number of ether oxygens (including phenoxy) is 1. The normalized spacial score (nSPS) is 24.6. The van der Waals surface area contributed by atoms with Gasteiger partial charge in [-0.3, -0.25) is 72.0 Å². The SMILES string of the molecule is CCCC[C@@H]1NC(=O)[C@@H]2CCCN2C(=O)[C@@H]2CSCc3cc(cc(c3)OCCCCCCC(=O)NCC(=O)N[C@@H](CCCCN)C(=O)N2)CSC[C@@H](C(N)=O)NC(=O)[C@H](CCC(=O)O)NC(=O)[C@H](CCC(N)=O)NC(=O)[C@H](Cc2c[nH]c3ccccc23)NC(=O)[C@H](CC2CCC2)NC(=O)[C@H](CC(=O)OOC)NC1=O. The lowest BCUT2D eigenvalue weighted by atomic mass is 9.80. The Morgan fingerprint density at radius 1 is 0.615 bits per heavy atom. The number of nitrogens with one attached hydrogen (secondary N) is 11. The number of hydrogen-bond acceptors (Lipinski definition) is 21. The third-order valence-electron chi connectivity index (χ3n) is 19.3. The van der Waals surface area contributed by atoms with Crippen LogP contribution in [-0.4, -0.2) is 209 Å². The molecule has 36 heteroatoms. The minimum Gasteiger partial charge on any atom is -0.494 e. The van der Waals surface area contributed by atoms with Gasteiger partial charge < -0.3 is 90.1 Å². The Hall–Kier alpha value is -9.55. The third kappa shape index (κ3) is 28.4. The van der Waals surface area contributed by atoms with Crippen molar-refractivity contribution in [2.75, 3.05) is 44.9 Å². The van der Waals surface area contributed by atoms with Gasteiger partial charge in [-0.2, -0.15) is 28.4 Å². The lowest BCUT2D eigenvalue weighted by Crippen LogP contribution is -2.61. The topological polar surface area (TPSA) is 521 Å². The predicted octanol–water partition coefficient (Wildman–Crippen LogP) is 0.324. The number of aliphatic carboxylic acids is 1. The number of hydrogen-bond donors (Lipinski definition) is 15. The van der Waals surface area contributed by atoms with Gasteiger partial charge in [0.1, 0.15) is 66.2 Å². The van der Waals surface area contributed by atoms with Crippen molar-refractivity contribution < 1.29 is 91.5 Å². The van der Waals surface area contributed by atoms with Crippen molar-refractivity contribution >= 4 is 123 Å². The van der Waals surface area contributed by atoms with Gasteiger partial charge in [0.2, 0.25) is 76.8 Å². The first-order valence-electron chi connectivity index (χ1n) is 37.3. The molecule has 2 aromatic carbocycles. The lowest BCUT2D eigenvalue weighted by Gasteiger charge is -2.32. The number of para-hydroxylation sites is 1. The van der Waals surface area contributed by atoms with E-state index < -0.39 is 182 Å². The predicted molar refractivity (Wildman–Crippen MR) is 401 cm³/mol. The summed E-state index contributed by atoms with van der Waals surface area (Å²) in [6.07, 6.45) is 5.02. The number of aromatic nitrogens is 1. The number of fused-ring (bicyclic) bond motifs is 7. The van der Waals surface area contributed by atoms with E-state index in [1.165, 1.54) is 28.4 Å². The number of aromatic amines is 1. The number of carboxylic acids is 1. The molecule has 0 radical (unpaired) electrons. The molecular weight excluding hydrogens is 1460 g/mol. The summed E-state index contributed by atoms with van der Waals surface area (Å²) in [5, 5.41) is 37.1. The van der Waals surface area contributed by atoms with Crippen LogP contribution in [0.4, 0.5) is 0 Å². The van der Waals surface area contributed by atoms with Crippen LogP contribution >= 0.6 is 23.5 Å². The number of H-pyrrole nitrogens is 1. The molecule has 4 bridgehead atoms. The van der Waals surface area contributed by atoms with Gasteiger partial charge in [0.25, 0.3) is 0 Å². The van der Waals surface area contributed by atoms with E-state index in [0.717, 1.165) is 13.5 Å².